The second kappa shape index (κ2) is 3.77. The molecule has 4 heteroatoms. The molecule has 0 bridgehead atoms. The predicted molar refractivity (Wildman–Crippen MR) is 57.4 cm³/mol. The zero-order valence-corrected chi connectivity index (χ0v) is 9.02. The van der Waals surface area contributed by atoms with Crippen molar-refractivity contribution in [2.24, 2.45) is 12.8 Å². The standard InChI is InChI=1S/C11H17N3O/c1-14-7-9(6-13-14)11(8-15)4-2-3-10(12)5-11/h6-8,10H,2-5,12H2,1H3. The van der Waals surface area contributed by atoms with E-state index in [-0.39, 0.29) is 11.5 Å². The summed E-state index contributed by atoms with van der Waals surface area (Å²) in [5.74, 6) is 0. The number of hydrogen-bond acceptors (Lipinski definition) is 3. The minimum Gasteiger partial charge on any atom is -0.328 e. The average molecular weight is 207 g/mol. The molecule has 1 heterocycles. The number of nitrogens with two attached hydrogens (primary N) is 1. The molecule has 2 N–H and O–H groups in total. The molecule has 2 unspecified atom stereocenters. The first-order valence-corrected chi connectivity index (χ1v) is 5.37. The van der Waals surface area contributed by atoms with Crippen LogP contribution in [0.15, 0.2) is 12.4 Å². The Hall–Kier alpha value is -1.16. The topological polar surface area (TPSA) is 60.9 Å². The molecular weight excluding hydrogens is 190 g/mol. The van der Waals surface area contributed by atoms with Crippen molar-refractivity contribution >= 4 is 6.29 Å². The maximum Gasteiger partial charge on any atom is 0.130 e. The van der Waals surface area contributed by atoms with E-state index in [0.717, 1.165) is 37.5 Å². The van der Waals surface area contributed by atoms with Crippen LogP contribution in [0.3, 0.4) is 0 Å². The highest BCUT2D eigenvalue weighted by Gasteiger charge is 2.37. The van der Waals surface area contributed by atoms with Crippen LogP contribution in [0.5, 0.6) is 0 Å². The molecular formula is C11H17N3O. The number of carbonyl (C=O) groups excluding carboxylic acids is 1. The zero-order chi connectivity index (χ0) is 10.9. The Morgan fingerprint density at radius 3 is 3.07 bits per heavy atom. The molecule has 2 rings (SSSR count). The Kier molecular flexibility index (Phi) is 2.61. The van der Waals surface area contributed by atoms with Crippen molar-refractivity contribution in [1.82, 2.24) is 9.78 Å². The minimum atomic E-state index is -0.383. The summed E-state index contributed by atoms with van der Waals surface area (Å²) in [6.07, 6.45) is 8.46. The molecule has 1 aromatic rings. The van der Waals surface area contributed by atoms with Crippen molar-refractivity contribution in [3.8, 4) is 0 Å². The highest BCUT2D eigenvalue weighted by atomic mass is 16.1. The van der Waals surface area contributed by atoms with Crippen LogP contribution in [0.4, 0.5) is 0 Å². The van der Waals surface area contributed by atoms with Gasteiger partial charge in [-0.05, 0) is 19.3 Å². The van der Waals surface area contributed by atoms with Gasteiger partial charge in [0.15, 0.2) is 0 Å². The Morgan fingerprint density at radius 1 is 1.73 bits per heavy atom. The Bertz CT molecular complexity index is 360. The smallest absolute Gasteiger partial charge is 0.130 e. The summed E-state index contributed by atoms with van der Waals surface area (Å²) in [6, 6.07) is 0.143. The van der Waals surface area contributed by atoms with Gasteiger partial charge in [0.2, 0.25) is 0 Å². The van der Waals surface area contributed by atoms with Crippen molar-refractivity contribution in [3.05, 3.63) is 18.0 Å². The second-order valence-electron chi connectivity index (χ2n) is 4.53. The van der Waals surface area contributed by atoms with E-state index in [1.54, 1.807) is 10.9 Å². The molecule has 2 atom stereocenters. The lowest BCUT2D eigenvalue weighted by Crippen LogP contribution is -2.40. The molecule has 0 aliphatic heterocycles. The first-order valence-electron chi connectivity index (χ1n) is 5.37. The van der Waals surface area contributed by atoms with Gasteiger partial charge in [0.25, 0.3) is 0 Å². The molecule has 0 spiro atoms. The van der Waals surface area contributed by atoms with Gasteiger partial charge < -0.3 is 10.5 Å². The van der Waals surface area contributed by atoms with E-state index in [9.17, 15) is 4.79 Å². The monoisotopic (exact) mass is 207 g/mol. The first kappa shape index (κ1) is 10.4. The fourth-order valence-electron chi connectivity index (χ4n) is 2.47. The third-order valence-corrected chi connectivity index (χ3v) is 3.33. The number of nitrogens with zero attached hydrogens (tertiary/aromatic N) is 2. The number of aromatic nitrogens is 2. The molecule has 15 heavy (non-hydrogen) atoms. The van der Waals surface area contributed by atoms with E-state index in [1.807, 2.05) is 13.2 Å². The predicted octanol–water partition coefficient (Wildman–Crippen LogP) is 0.758. The van der Waals surface area contributed by atoms with E-state index >= 15 is 0 Å². The SMILES string of the molecule is Cn1cc(C2(C=O)CCCC(N)C2)cn1. The van der Waals surface area contributed by atoms with Gasteiger partial charge >= 0.3 is 0 Å². The third kappa shape index (κ3) is 1.81. The van der Waals surface area contributed by atoms with Crippen LogP contribution in [0, 0.1) is 0 Å². The van der Waals surface area contributed by atoms with Gasteiger partial charge in [-0.3, -0.25) is 4.68 Å². The van der Waals surface area contributed by atoms with E-state index < -0.39 is 0 Å². The molecule has 1 aliphatic carbocycles. The summed E-state index contributed by atoms with van der Waals surface area (Å²) in [4.78, 5) is 11.3. The number of hydrogen-bond donors (Lipinski definition) is 1. The van der Waals surface area contributed by atoms with E-state index in [2.05, 4.69) is 5.10 Å². The van der Waals surface area contributed by atoms with Crippen LogP contribution < -0.4 is 5.73 Å². The maximum atomic E-state index is 11.3. The quantitative estimate of drug-likeness (QED) is 0.728. The molecule has 4 nitrogen and oxygen atoms in total. The summed E-state index contributed by atoms with van der Waals surface area (Å²) in [5, 5.41) is 4.13. The van der Waals surface area contributed by atoms with E-state index in [4.69, 9.17) is 5.73 Å². The van der Waals surface area contributed by atoms with Crippen molar-refractivity contribution in [1.29, 1.82) is 0 Å². The molecule has 1 saturated carbocycles. The highest BCUT2D eigenvalue weighted by molar-refractivity contribution is 5.68. The number of carbonyl (C=O) groups is 1. The van der Waals surface area contributed by atoms with Crippen molar-refractivity contribution < 1.29 is 4.79 Å². The lowest BCUT2D eigenvalue weighted by molar-refractivity contribution is -0.113. The van der Waals surface area contributed by atoms with Crippen LogP contribution in [0.25, 0.3) is 0 Å². The van der Waals surface area contributed by atoms with E-state index in [0.29, 0.717) is 0 Å². The number of aldehydes is 1. The molecule has 1 fully saturated rings. The van der Waals surface area contributed by atoms with Crippen LogP contribution >= 0.6 is 0 Å². The zero-order valence-electron chi connectivity index (χ0n) is 9.02. The fraction of sp³-hybridized carbons (Fsp3) is 0.636. The van der Waals surface area contributed by atoms with Gasteiger partial charge in [-0.25, -0.2) is 0 Å². The summed E-state index contributed by atoms with van der Waals surface area (Å²) in [6.45, 7) is 0. The average Bonchev–Trinajstić information content (AvgIpc) is 2.65. The van der Waals surface area contributed by atoms with Gasteiger partial charge in [-0.1, -0.05) is 6.42 Å². The second-order valence-corrected chi connectivity index (χ2v) is 4.53. The largest absolute Gasteiger partial charge is 0.328 e. The molecule has 82 valence electrons. The lowest BCUT2D eigenvalue weighted by atomic mass is 9.70. The fourth-order valence-corrected chi connectivity index (χ4v) is 2.47. The normalized spacial score (nSPS) is 31.5. The van der Waals surface area contributed by atoms with Gasteiger partial charge in [-0.2, -0.15) is 5.10 Å². The van der Waals surface area contributed by atoms with Gasteiger partial charge in [0, 0.05) is 24.8 Å². The number of aryl methyl sites for hydroxylation is 1. The van der Waals surface area contributed by atoms with Crippen molar-refractivity contribution in [2.45, 2.75) is 37.1 Å². The van der Waals surface area contributed by atoms with Gasteiger partial charge in [0.1, 0.15) is 6.29 Å². The minimum absolute atomic E-state index is 0.143. The third-order valence-electron chi connectivity index (χ3n) is 3.33. The maximum absolute atomic E-state index is 11.3. The summed E-state index contributed by atoms with van der Waals surface area (Å²) in [5.41, 5.74) is 6.57. The molecule has 1 aromatic heterocycles. The van der Waals surface area contributed by atoms with Gasteiger partial charge in [0.05, 0.1) is 11.6 Å². The van der Waals surface area contributed by atoms with Crippen LogP contribution in [-0.2, 0) is 17.3 Å². The lowest BCUT2D eigenvalue weighted by Gasteiger charge is -2.34. The van der Waals surface area contributed by atoms with Crippen molar-refractivity contribution in [3.63, 3.8) is 0 Å². The Labute approximate surface area is 89.5 Å². The molecule has 0 aromatic carbocycles. The molecule has 0 amide bonds. The van der Waals surface area contributed by atoms with Gasteiger partial charge in [-0.15, -0.1) is 0 Å². The van der Waals surface area contributed by atoms with E-state index in [1.165, 1.54) is 0 Å². The van der Waals surface area contributed by atoms with Crippen LogP contribution in [0.1, 0.15) is 31.2 Å². The summed E-state index contributed by atoms with van der Waals surface area (Å²) < 4.78 is 1.74. The number of rotatable bonds is 2. The van der Waals surface area contributed by atoms with Crippen LogP contribution in [0.2, 0.25) is 0 Å². The van der Waals surface area contributed by atoms with Crippen molar-refractivity contribution in [2.75, 3.05) is 0 Å². The summed E-state index contributed by atoms with van der Waals surface area (Å²) in [7, 11) is 1.87. The highest BCUT2D eigenvalue weighted by Crippen LogP contribution is 2.36. The van der Waals surface area contributed by atoms with Crippen LogP contribution in [-0.4, -0.2) is 22.1 Å². The molecule has 0 saturated heterocycles. The summed E-state index contributed by atoms with van der Waals surface area (Å²) >= 11 is 0. The molecule has 1 aliphatic rings. The Morgan fingerprint density at radius 2 is 2.53 bits per heavy atom. The first-order chi connectivity index (χ1) is 7.16. The molecule has 0 radical (unpaired) electrons. The Balaban J connectivity index is 2.32.